The van der Waals surface area contributed by atoms with Gasteiger partial charge >= 0.3 is 0 Å². The van der Waals surface area contributed by atoms with E-state index in [1.165, 1.54) is 5.69 Å². The van der Waals surface area contributed by atoms with Gasteiger partial charge in [0, 0.05) is 38.4 Å². The minimum absolute atomic E-state index is 0. The highest BCUT2D eigenvalue weighted by Crippen LogP contribution is 2.19. The Balaban J connectivity index is 0.00000300. The van der Waals surface area contributed by atoms with E-state index in [9.17, 15) is 8.78 Å². The Labute approximate surface area is 187 Å². The smallest absolute Gasteiger partial charge is 0.272 e. The van der Waals surface area contributed by atoms with Gasteiger partial charge in [-0.15, -0.1) is 24.0 Å². The van der Waals surface area contributed by atoms with Crippen molar-refractivity contribution in [3.63, 3.8) is 0 Å². The van der Waals surface area contributed by atoms with Crippen molar-refractivity contribution in [1.29, 1.82) is 0 Å². The van der Waals surface area contributed by atoms with Crippen molar-refractivity contribution >= 4 is 35.6 Å². The van der Waals surface area contributed by atoms with Crippen LogP contribution in [0.4, 0.5) is 14.5 Å². The summed E-state index contributed by atoms with van der Waals surface area (Å²) in [5.74, 6) is 1.16. The fraction of sp³-hybridized carbons (Fsp3) is 0.381. The Morgan fingerprint density at radius 3 is 2.72 bits per heavy atom. The summed E-state index contributed by atoms with van der Waals surface area (Å²) in [7, 11) is 1.74. The van der Waals surface area contributed by atoms with Crippen molar-refractivity contribution in [2.45, 2.75) is 25.4 Å². The molecule has 3 rings (SSSR count). The van der Waals surface area contributed by atoms with Gasteiger partial charge in [-0.2, -0.15) is 0 Å². The number of benzene rings is 2. The quantitative estimate of drug-likeness (QED) is 0.333. The third-order valence-corrected chi connectivity index (χ3v) is 4.61. The number of aliphatic imine (C=N–C) groups is 1. The second kappa shape index (κ2) is 11.8. The molecular formula is C21H27F2IN4O. The van der Waals surface area contributed by atoms with Gasteiger partial charge in [0.05, 0.1) is 0 Å². The maximum Gasteiger partial charge on any atom is 0.272 e. The highest BCUT2D eigenvalue weighted by molar-refractivity contribution is 14.0. The SMILES string of the molecule is CN=C(NCc1cccc(OCC(F)F)c1)NC1CCN(c2ccccc2)C1.I. The summed E-state index contributed by atoms with van der Waals surface area (Å²) in [4.78, 5) is 6.65. The van der Waals surface area contributed by atoms with E-state index < -0.39 is 13.0 Å². The highest BCUT2D eigenvalue weighted by atomic mass is 127. The highest BCUT2D eigenvalue weighted by Gasteiger charge is 2.23. The molecule has 2 aromatic carbocycles. The van der Waals surface area contributed by atoms with E-state index in [0.29, 0.717) is 18.3 Å². The first-order valence-corrected chi connectivity index (χ1v) is 9.41. The predicted molar refractivity (Wildman–Crippen MR) is 124 cm³/mol. The molecular weight excluding hydrogens is 489 g/mol. The molecule has 29 heavy (non-hydrogen) atoms. The van der Waals surface area contributed by atoms with Crippen LogP contribution in [0.25, 0.3) is 0 Å². The Bertz CT molecular complexity index is 776. The number of halogens is 3. The summed E-state index contributed by atoms with van der Waals surface area (Å²) < 4.78 is 29.6. The molecule has 158 valence electrons. The van der Waals surface area contributed by atoms with Gasteiger partial charge in [0.2, 0.25) is 0 Å². The van der Waals surface area contributed by atoms with Crippen molar-refractivity contribution in [2.75, 3.05) is 31.6 Å². The molecule has 0 spiro atoms. The molecule has 1 saturated heterocycles. The number of hydrogen-bond acceptors (Lipinski definition) is 3. The molecule has 1 aliphatic heterocycles. The number of alkyl halides is 2. The molecule has 1 unspecified atom stereocenters. The minimum atomic E-state index is -2.48. The number of nitrogens with one attached hydrogen (secondary N) is 2. The molecule has 1 aliphatic rings. The van der Waals surface area contributed by atoms with Crippen molar-refractivity contribution in [3.8, 4) is 5.75 Å². The lowest BCUT2D eigenvalue weighted by Gasteiger charge is -2.20. The lowest BCUT2D eigenvalue weighted by Crippen LogP contribution is -2.44. The molecule has 1 atom stereocenters. The number of ether oxygens (including phenoxy) is 1. The lowest BCUT2D eigenvalue weighted by molar-refractivity contribution is 0.0818. The van der Waals surface area contributed by atoms with Gasteiger partial charge in [-0.3, -0.25) is 4.99 Å². The van der Waals surface area contributed by atoms with E-state index in [0.717, 1.165) is 31.0 Å². The third-order valence-electron chi connectivity index (χ3n) is 4.61. The predicted octanol–water partition coefficient (Wildman–Crippen LogP) is 3.89. The van der Waals surface area contributed by atoms with Crippen LogP contribution in [0.1, 0.15) is 12.0 Å². The minimum Gasteiger partial charge on any atom is -0.488 e. The second-order valence-electron chi connectivity index (χ2n) is 6.69. The largest absolute Gasteiger partial charge is 0.488 e. The molecule has 1 fully saturated rings. The van der Waals surface area contributed by atoms with Crippen LogP contribution >= 0.6 is 24.0 Å². The summed E-state index contributed by atoms with van der Waals surface area (Å²) in [5, 5.41) is 6.73. The number of anilines is 1. The molecule has 8 heteroatoms. The Hall–Kier alpha value is -2.10. The summed E-state index contributed by atoms with van der Waals surface area (Å²) in [6.07, 6.45) is -1.45. The molecule has 0 aliphatic carbocycles. The number of guanidine groups is 1. The van der Waals surface area contributed by atoms with Crippen molar-refractivity contribution in [1.82, 2.24) is 10.6 Å². The summed E-state index contributed by atoms with van der Waals surface area (Å²) in [6, 6.07) is 17.8. The Morgan fingerprint density at radius 1 is 1.21 bits per heavy atom. The number of nitrogens with zero attached hydrogens (tertiary/aromatic N) is 2. The molecule has 0 bridgehead atoms. The van der Waals surface area contributed by atoms with E-state index in [1.54, 1.807) is 25.2 Å². The van der Waals surface area contributed by atoms with Gasteiger partial charge < -0.3 is 20.3 Å². The molecule has 0 radical (unpaired) electrons. The van der Waals surface area contributed by atoms with Crippen LogP contribution in [0.3, 0.4) is 0 Å². The summed E-state index contributed by atoms with van der Waals surface area (Å²) in [6.45, 7) is 1.85. The zero-order valence-electron chi connectivity index (χ0n) is 16.4. The first-order chi connectivity index (χ1) is 13.6. The number of hydrogen-bond donors (Lipinski definition) is 2. The molecule has 2 aromatic rings. The van der Waals surface area contributed by atoms with E-state index in [1.807, 2.05) is 12.1 Å². The first kappa shape index (κ1) is 23.2. The lowest BCUT2D eigenvalue weighted by atomic mass is 10.2. The van der Waals surface area contributed by atoms with Gasteiger partial charge in [0.15, 0.2) is 5.96 Å². The van der Waals surface area contributed by atoms with E-state index in [4.69, 9.17) is 4.74 Å². The topological polar surface area (TPSA) is 48.9 Å². The van der Waals surface area contributed by atoms with Crippen LogP contribution in [0, 0.1) is 0 Å². The normalized spacial score (nSPS) is 16.5. The summed E-state index contributed by atoms with van der Waals surface area (Å²) >= 11 is 0. The van der Waals surface area contributed by atoms with E-state index >= 15 is 0 Å². The monoisotopic (exact) mass is 516 g/mol. The zero-order chi connectivity index (χ0) is 19.8. The van der Waals surface area contributed by atoms with Crippen LogP contribution in [0.15, 0.2) is 59.6 Å². The Morgan fingerprint density at radius 2 is 2.00 bits per heavy atom. The third kappa shape index (κ3) is 7.34. The van der Waals surface area contributed by atoms with Crippen molar-refractivity contribution in [3.05, 3.63) is 60.2 Å². The van der Waals surface area contributed by atoms with Gasteiger partial charge in [-0.1, -0.05) is 30.3 Å². The maximum absolute atomic E-state index is 12.3. The Kier molecular flexibility index (Phi) is 9.43. The summed E-state index contributed by atoms with van der Waals surface area (Å²) in [5.41, 5.74) is 2.17. The van der Waals surface area contributed by atoms with Crippen LogP contribution in [0.5, 0.6) is 5.75 Å². The van der Waals surface area contributed by atoms with Crippen molar-refractivity contribution < 1.29 is 13.5 Å². The van der Waals surface area contributed by atoms with Gasteiger partial charge in [-0.05, 0) is 36.2 Å². The van der Waals surface area contributed by atoms with Gasteiger partial charge in [0.1, 0.15) is 12.4 Å². The first-order valence-electron chi connectivity index (χ1n) is 9.41. The zero-order valence-corrected chi connectivity index (χ0v) is 18.7. The van der Waals surface area contributed by atoms with E-state index in [-0.39, 0.29) is 24.0 Å². The maximum atomic E-state index is 12.3. The fourth-order valence-electron chi connectivity index (χ4n) is 3.23. The van der Waals surface area contributed by atoms with Crippen LogP contribution in [-0.4, -0.2) is 45.2 Å². The molecule has 0 amide bonds. The van der Waals surface area contributed by atoms with Crippen LogP contribution in [0.2, 0.25) is 0 Å². The second-order valence-corrected chi connectivity index (χ2v) is 6.69. The van der Waals surface area contributed by atoms with Crippen LogP contribution < -0.4 is 20.3 Å². The molecule has 0 aromatic heterocycles. The average molecular weight is 516 g/mol. The molecule has 2 N–H and O–H groups in total. The van der Waals surface area contributed by atoms with Crippen molar-refractivity contribution in [2.24, 2.45) is 4.99 Å². The standard InChI is InChI=1S/C21H26F2N4O.HI/c1-24-21(25-13-16-6-5-9-19(12-16)28-15-20(22)23)26-17-10-11-27(14-17)18-7-3-2-4-8-18;/h2-9,12,17,20H,10-11,13-15H2,1H3,(H2,24,25,26);1H. The van der Waals surface area contributed by atoms with Gasteiger partial charge in [-0.25, -0.2) is 8.78 Å². The van der Waals surface area contributed by atoms with Gasteiger partial charge in [0.25, 0.3) is 6.43 Å². The number of para-hydroxylation sites is 1. The molecule has 1 heterocycles. The molecule has 0 saturated carbocycles. The molecule has 5 nitrogen and oxygen atoms in total. The fourth-order valence-corrected chi connectivity index (χ4v) is 3.23. The van der Waals surface area contributed by atoms with Crippen LogP contribution in [-0.2, 0) is 6.54 Å². The number of rotatable bonds is 7. The van der Waals surface area contributed by atoms with E-state index in [2.05, 4.69) is 44.8 Å². The average Bonchev–Trinajstić information content (AvgIpc) is 3.19.